The van der Waals surface area contributed by atoms with Crippen LogP contribution in [0, 0.1) is 0 Å². The first-order valence-electron chi connectivity index (χ1n) is 5.88. The summed E-state index contributed by atoms with van der Waals surface area (Å²) >= 11 is 0. The van der Waals surface area contributed by atoms with Gasteiger partial charge in [0, 0.05) is 49.8 Å². The molecule has 0 saturated carbocycles. The molecule has 0 aliphatic heterocycles. The van der Waals surface area contributed by atoms with Gasteiger partial charge in [-0.25, -0.2) is 0 Å². The summed E-state index contributed by atoms with van der Waals surface area (Å²) in [5.41, 5.74) is 1.89. The van der Waals surface area contributed by atoms with Crippen molar-refractivity contribution >= 4 is 0 Å². The van der Waals surface area contributed by atoms with Crippen molar-refractivity contribution in [2.24, 2.45) is 0 Å². The third-order valence-electron chi connectivity index (χ3n) is 2.19. The molecule has 2 aromatic heterocycles. The molecule has 0 unspecified atom stereocenters. The monoisotopic (exact) mass is 511 g/mol. The molecule has 0 fully saturated rings. The topological polar surface area (TPSA) is 66.2 Å². The van der Waals surface area contributed by atoms with Crippen molar-refractivity contribution in [3.8, 4) is 0 Å². The third kappa shape index (κ3) is 12.9. The van der Waals surface area contributed by atoms with Crippen molar-refractivity contribution in [1.29, 1.82) is 0 Å². The van der Waals surface area contributed by atoms with Crippen LogP contribution in [-0.2, 0) is 33.9 Å². The van der Waals surface area contributed by atoms with Crippen LogP contribution >= 0.6 is 0 Å². The van der Waals surface area contributed by atoms with Gasteiger partial charge in [0.25, 0.3) is 0 Å². The Hall–Kier alpha value is -0.512. The Kier molecular flexibility index (Phi) is 21.3. The summed E-state index contributed by atoms with van der Waals surface area (Å²) in [7, 11) is 0. The molecule has 0 radical (unpaired) electrons. The number of rotatable bonds is 4. The molecule has 21 heavy (non-hydrogen) atoms. The number of hydrogen-bond donors (Lipinski definition) is 2. The van der Waals surface area contributed by atoms with Crippen LogP contribution in [0.4, 0.5) is 0 Å². The normalized spacial score (nSPS) is 8.10. The second-order valence-electron chi connectivity index (χ2n) is 3.59. The minimum absolute atomic E-state index is 0. The zero-order valence-corrected chi connectivity index (χ0v) is 15.1. The number of aromatic nitrogens is 2. The number of hydrogen-bond acceptors (Lipinski definition) is 4. The van der Waals surface area contributed by atoms with E-state index in [0.717, 1.165) is 11.4 Å². The van der Waals surface area contributed by atoms with Crippen LogP contribution in [0.5, 0.6) is 0 Å². The molecule has 120 valence electrons. The predicted octanol–water partition coefficient (Wildman–Crippen LogP) is -4.76. The maximum atomic E-state index is 8.48. The Morgan fingerprint density at radius 2 is 1.10 bits per heavy atom. The van der Waals surface area contributed by atoms with Crippen molar-refractivity contribution in [1.82, 2.24) is 9.97 Å². The summed E-state index contributed by atoms with van der Waals surface area (Å²) in [6.45, 7) is 0.355. The Balaban J connectivity index is -0.000000270. The van der Waals surface area contributed by atoms with Crippen molar-refractivity contribution in [3.05, 3.63) is 60.2 Å². The standard InChI is InChI=1S/2C7H9NO.2ClH.Pt/c2*9-6-4-7-3-1-2-5-8-7;;;/h2*1-3,5,9H,4,6H2;2*1H;/q;;;;+2/p-2. The van der Waals surface area contributed by atoms with Gasteiger partial charge < -0.3 is 35.0 Å². The summed E-state index contributed by atoms with van der Waals surface area (Å²) in [4.78, 5) is 8.02. The minimum atomic E-state index is 0. The molecule has 7 heteroatoms. The van der Waals surface area contributed by atoms with E-state index in [-0.39, 0.29) is 59.1 Å². The molecule has 0 bridgehead atoms. The number of aliphatic hydroxyl groups is 2. The van der Waals surface area contributed by atoms with Gasteiger partial charge in [-0.2, -0.15) is 0 Å². The van der Waals surface area contributed by atoms with E-state index in [4.69, 9.17) is 10.2 Å². The molecule has 0 amide bonds. The number of halogens is 2. The van der Waals surface area contributed by atoms with E-state index in [0.29, 0.717) is 12.8 Å². The van der Waals surface area contributed by atoms with Gasteiger partial charge in [-0.15, -0.1) is 0 Å². The molecule has 2 rings (SSSR count). The summed E-state index contributed by atoms with van der Waals surface area (Å²) in [6.07, 6.45) is 4.76. The summed E-state index contributed by atoms with van der Waals surface area (Å²) in [5.74, 6) is 0. The van der Waals surface area contributed by atoms with Crippen molar-refractivity contribution in [2.75, 3.05) is 13.2 Å². The summed E-state index contributed by atoms with van der Waals surface area (Å²) in [6, 6.07) is 11.4. The van der Waals surface area contributed by atoms with E-state index in [1.807, 2.05) is 36.4 Å². The Morgan fingerprint density at radius 1 is 0.714 bits per heavy atom. The second kappa shape index (κ2) is 17.5. The maximum Gasteiger partial charge on any atom is 2.00 e. The fourth-order valence-electron chi connectivity index (χ4n) is 1.32. The van der Waals surface area contributed by atoms with E-state index in [1.165, 1.54) is 0 Å². The number of aliphatic hydroxyl groups excluding tert-OH is 2. The Labute approximate surface area is 152 Å². The van der Waals surface area contributed by atoms with E-state index < -0.39 is 0 Å². The minimum Gasteiger partial charge on any atom is -1.00 e. The molecular weight excluding hydrogens is 494 g/mol. The van der Waals surface area contributed by atoms with Crippen LogP contribution in [0.1, 0.15) is 11.4 Å². The molecule has 2 heterocycles. The molecule has 0 aliphatic carbocycles. The van der Waals surface area contributed by atoms with Gasteiger partial charge in [-0.05, 0) is 24.3 Å². The summed E-state index contributed by atoms with van der Waals surface area (Å²) < 4.78 is 0. The first-order valence-corrected chi connectivity index (χ1v) is 5.88. The molecule has 2 N–H and O–H groups in total. The number of nitrogens with zero attached hydrogens (tertiary/aromatic N) is 2. The SMILES string of the molecule is OCCc1ccccn1.OCCc1ccccn1.[Cl-].[Cl-].[Pt+2]. The van der Waals surface area contributed by atoms with Crippen LogP contribution in [0.15, 0.2) is 48.8 Å². The molecule has 0 atom stereocenters. The van der Waals surface area contributed by atoms with Crippen LogP contribution in [0.25, 0.3) is 0 Å². The zero-order valence-electron chi connectivity index (χ0n) is 11.3. The fourth-order valence-corrected chi connectivity index (χ4v) is 1.32. The summed E-state index contributed by atoms with van der Waals surface area (Å²) in [5, 5.41) is 17.0. The Bertz CT molecular complexity index is 380. The quantitative estimate of drug-likeness (QED) is 0.432. The van der Waals surface area contributed by atoms with Crippen molar-refractivity contribution in [3.63, 3.8) is 0 Å². The molecule has 0 spiro atoms. The molecule has 0 aliphatic rings. The molecular formula is C14H18Cl2N2O2Pt. The Morgan fingerprint density at radius 3 is 1.33 bits per heavy atom. The van der Waals surface area contributed by atoms with Gasteiger partial charge >= 0.3 is 21.1 Å². The molecule has 0 aromatic carbocycles. The van der Waals surface area contributed by atoms with Crippen LogP contribution < -0.4 is 24.8 Å². The third-order valence-corrected chi connectivity index (χ3v) is 2.19. The van der Waals surface area contributed by atoms with Gasteiger partial charge in [0.15, 0.2) is 0 Å². The average molecular weight is 512 g/mol. The van der Waals surface area contributed by atoms with E-state index in [2.05, 4.69) is 9.97 Å². The van der Waals surface area contributed by atoms with Gasteiger partial charge in [-0.1, -0.05) is 12.1 Å². The van der Waals surface area contributed by atoms with Crippen LogP contribution in [0.3, 0.4) is 0 Å². The first kappa shape index (κ1) is 25.4. The van der Waals surface area contributed by atoms with Gasteiger partial charge in [0.2, 0.25) is 0 Å². The second-order valence-corrected chi connectivity index (χ2v) is 3.59. The van der Waals surface area contributed by atoms with Gasteiger partial charge in [-0.3, -0.25) is 9.97 Å². The predicted molar refractivity (Wildman–Crippen MR) is 70.1 cm³/mol. The van der Waals surface area contributed by atoms with Crippen molar-refractivity contribution < 1.29 is 56.1 Å². The van der Waals surface area contributed by atoms with Crippen LogP contribution in [-0.4, -0.2) is 33.4 Å². The van der Waals surface area contributed by atoms with Gasteiger partial charge in [0.05, 0.1) is 0 Å². The first-order chi connectivity index (χ1) is 8.86. The zero-order chi connectivity index (χ0) is 13.1. The van der Waals surface area contributed by atoms with Gasteiger partial charge in [0.1, 0.15) is 0 Å². The van der Waals surface area contributed by atoms with E-state index in [9.17, 15) is 0 Å². The fraction of sp³-hybridized carbons (Fsp3) is 0.286. The molecule has 4 nitrogen and oxygen atoms in total. The van der Waals surface area contributed by atoms with E-state index >= 15 is 0 Å². The average Bonchev–Trinajstić information content (AvgIpc) is 2.43. The molecule has 2 aromatic rings. The van der Waals surface area contributed by atoms with E-state index in [1.54, 1.807) is 12.4 Å². The smallest absolute Gasteiger partial charge is 1.00 e. The molecule has 0 saturated heterocycles. The van der Waals surface area contributed by atoms with Crippen molar-refractivity contribution in [2.45, 2.75) is 12.8 Å². The van der Waals surface area contributed by atoms with Crippen LogP contribution in [0.2, 0.25) is 0 Å². The maximum absolute atomic E-state index is 8.48. The number of pyridine rings is 2. The largest absolute Gasteiger partial charge is 2.00 e.